The summed E-state index contributed by atoms with van der Waals surface area (Å²) in [6.45, 7) is 5.99. The highest BCUT2D eigenvalue weighted by Crippen LogP contribution is 2.27. The molecule has 174 valence electrons. The number of anilines is 1. The molecule has 2 heterocycles. The number of piperidine rings is 1. The van der Waals surface area contributed by atoms with Crippen LogP contribution in [0, 0.1) is 13.8 Å². The van der Waals surface area contributed by atoms with E-state index in [1.54, 1.807) is 10.4 Å². The van der Waals surface area contributed by atoms with E-state index < -0.39 is 15.7 Å². The van der Waals surface area contributed by atoms with Crippen LogP contribution in [-0.4, -0.2) is 40.8 Å². The highest BCUT2D eigenvalue weighted by Gasteiger charge is 2.31. The van der Waals surface area contributed by atoms with Gasteiger partial charge in [0.15, 0.2) is 0 Å². The van der Waals surface area contributed by atoms with Gasteiger partial charge in [-0.15, -0.1) is 0 Å². The topological polar surface area (TPSA) is 101 Å². The number of para-hydroxylation sites is 1. The number of fused-ring (bicyclic) bond motifs is 1. The third kappa shape index (κ3) is 4.56. The van der Waals surface area contributed by atoms with Crippen molar-refractivity contribution in [1.29, 1.82) is 0 Å². The van der Waals surface area contributed by atoms with E-state index in [2.05, 4.69) is 10.3 Å². The number of sulfonamides is 1. The number of carbonyl (C=O) groups is 1. The Morgan fingerprint density at radius 1 is 1.15 bits per heavy atom. The van der Waals surface area contributed by atoms with Crippen molar-refractivity contribution in [2.75, 3.05) is 11.9 Å². The number of nitrogens with one attached hydrogen (secondary N) is 1. The summed E-state index contributed by atoms with van der Waals surface area (Å²) >= 11 is 0. The molecule has 0 aliphatic carbocycles. The summed E-state index contributed by atoms with van der Waals surface area (Å²) in [5.41, 5.74) is 2.45. The first kappa shape index (κ1) is 23.1. The van der Waals surface area contributed by atoms with Crippen LogP contribution in [0.2, 0.25) is 0 Å². The molecule has 1 fully saturated rings. The predicted molar refractivity (Wildman–Crippen MR) is 128 cm³/mol. The van der Waals surface area contributed by atoms with Gasteiger partial charge in [0.05, 0.1) is 10.4 Å². The second kappa shape index (κ2) is 9.07. The molecule has 9 heteroatoms. The van der Waals surface area contributed by atoms with Gasteiger partial charge in [0.2, 0.25) is 15.9 Å². The predicted octanol–water partition coefficient (Wildman–Crippen LogP) is 3.22. The van der Waals surface area contributed by atoms with Crippen molar-refractivity contribution < 1.29 is 13.2 Å². The summed E-state index contributed by atoms with van der Waals surface area (Å²) < 4.78 is 29.2. The number of benzene rings is 2. The molecular formula is C24H28N4O4S. The van der Waals surface area contributed by atoms with Gasteiger partial charge in [-0.2, -0.15) is 4.31 Å². The summed E-state index contributed by atoms with van der Waals surface area (Å²) in [7, 11) is -3.66. The Kier molecular flexibility index (Phi) is 6.36. The van der Waals surface area contributed by atoms with Crippen LogP contribution >= 0.6 is 0 Å². The average molecular weight is 469 g/mol. The van der Waals surface area contributed by atoms with Crippen molar-refractivity contribution in [3.8, 4) is 0 Å². The lowest BCUT2D eigenvalue weighted by Crippen LogP contribution is -2.41. The van der Waals surface area contributed by atoms with E-state index in [1.165, 1.54) is 22.9 Å². The first-order valence-corrected chi connectivity index (χ1v) is 12.5. The van der Waals surface area contributed by atoms with E-state index in [0.29, 0.717) is 23.1 Å². The molecule has 8 nitrogen and oxygen atoms in total. The molecule has 3 aromatic rings. The monoisotopic (exact) mass is 468 g/mol. The number of aromatic nitrogens is 2. The fourth-order valence-electron chi connectivity index (χ4n) is 4.39. The van der Waals surface area contributed by atoms with Gasteiger partial charge >= 0.3 is 5.69 Å². The van der Waals surface area contributed by atoms with Crippen LogP contribution < -0.4 is 11.0 Å². The maximum Gasteiger partial charge on any atom is 0.348 e. The number of carbonyl (C=O) groups excluding carboxylic acids is 1. The van der Waals surface area contributed by atoms with Crippen molar-refractivity contribution >= 4 is 32.5 Å². The molecule has 0 spiro atoms. The number of nitrogens with zero attached hydrogens (tertiary/aromatic N) is 3. The Morgan fingerprint density at radius 3 is 2.58 bits per heavy atom. The van der Waals surface area contributed by atoms with Crippen molar-refractivity contribution in [3.63, 3.8) is 0 Å². The van der Waals surface area contributed by atoms with E-state index in [0.717, 1.165) is 30.4 Å². The lowest BCUT2D eigenvalue weighted by molar-refractivity contribution is -0.116. The molecule has 33 heavy (non-hydrogen) atoms. The summed E-state index contributed by atoms with van der Waals surface area (Å²) in [5, 5.41) is 3.36. The third-order valence-electron chi connectivity index (χ3n) is 6.23. The van der Waals surface area contributed by atoms with Crippen molar-refractivity contribution in [2.45, 2.75) is 57.5 Å². The molecule has 0 radical (unpaired) electrons. The van der Waals surface area contributed by atoms with Crippen LogP contribution in [0.25, 0.3) is 10.9 Å². The van der Waals surface area contributed by atoms with Gasteiger partial charge in [-0.25, -0.2) is 18.2 Å². The van der Waals surface area contributed by atoms with Crippen molar-refractivity contribution in [1.82, 2.24) is 13.9 Å². The molecule has 4 rings (SSSR count). The second-order valence-corrected chi connectivity index (χ2v) is 10.5. The number of aryl methyl sites for hydroxylation is 2. The standard InChI is InChI=1S/C24H28N4O4S/c1-16-7-6-8-17(2)23(16)26-22(29)15-27-21-11-10-20(13-19(21)14-25-24(27)30)33(31,32)28-12-5-4-9-18(28)3/h6-8,10-11,13-14,18H,4-5,9,12,15H2,1-3H3,(H,26,29)/t18-/m0/s1. The summed E-state index contributed by atoms with van der Waals surface area (Å²) in [6, 6.07) is 10.3. The van der Waals surface area contributed by atoms with Crippen LogP contribution in [0.15, 0.2) is 52.3 Å². The normalized spacial score (nSPS) is 17.2. The van der Waals surface area contributed by atoms with E-state index in [1.807, 2.05) is 39.0 Å². The molecule has 1 aliphatic rings. The number of hydrogen-bond acceptors (Lipinski definition) is 5. The molecule has 1 N–H and O–H groups in total. The smallest absolute Gasteiger partial charge is 0.324 e. The van der Waals surface area contributed by atoms with Crippen LogP contribution in [0.5, 0.6) is 0 Å². The van der Waals surface area contributed by atoms with Gasteiger partial charge in [-0.05, 0) is 62.9 Å². The second-order valence-electron chi connectivity index (χ2n) is 8.62. The number of amides is 1. The Morgan fingerprint density at radius 2 is 1.88 bits per heavy atom. The van der Waals surface area contributed by atoms with Gasteiger partial charge < -0.3 is 5.32 Å². The minimum Gasteiger partial charge on any atom is -0.324 e. The molecule has 2 aromatic carbocycles. The maximum absolute atomic E-state index is 13.2. The Labute approximate surface area is 193 Å². The van der Waals surface area contributed by atoms with Crippen LogP contribution in [0.4, 0.5) is 5.69 Å². The molecule has 0 bridgehead atoms. The average Bonchev–Trinajstić information content (AvgIpc) is 2.78. The van der Waals surface area contributed by atoms with E-state index >= 15 is 0 Å². The SMILES string of the molecule is Cc1cccc(C)c1NC(=O)Cn1c(=O)ncc2cc(S(=O)(=O)N3CCCC[C@@H]3C)ccc21. The highest BCUT2D eigenvalue weighted by molar-refractivity contribution is 7.89. The zero-order valence-electron chi connectivity index (χ0n) is 19.0. The molecule has 1 aliphatic heterocycles. The number of hydrogen-bond donors (Lipinski definition) is 1. The Bertz CT molecular complexity index is 1360. The lowest BCUT2D eigenvalue weighted by Gasteiger charge is -2.32. The summed E-state index contributed by atoms with van der Waals surface area (Å²) in [6.07, 6.45) is 4.05. The molecule has 1 aromatic heterocycles. The van der Waals surface area contributed by atoms with Gasteiger partial charge in [-0.3, -0.25) is 9.36 Å². The zero-order valence-corrected chi connectivity index (χ0v) is 19.9. The maximum atomic E-state index is 13.2. The molecule has 1 atom stereocenters. The Hall–Kier alpha value is -3.04. The van der Waals surface area contributed by atoms with Gasteiger partial charge in [0.25, 0.3) is 0 Å². The minimum atomic E-state index is -3.66. The van der Waals surface area contributed by atoms with E-state index in [4.69, 9.17) is 0 Å². The molecule has 1 amide bonds. The molecule has 0 unspecified atom stereocenters. The van der Waals surface area contributed by atoms with Crippen molar-refractivity contribution in [2.24, 2.45) is 0 Å². The van der Waals surface area contributed by atoms with E-state index in [9.17, 15) is 18.0 Å². The largest absolute Gasteiger partial charge is 0.348 e. The zero-order chi connectivity index (χ0) is 23.8. The van der Waals surface area contributed by atoms with E-state index in [-0.39, 0.29) is 23.4 Å². The summed E-state index contributed by atoms with van der Waals surface area (Å²) in [5.74, 6) is -0.359. The van der Waals surface area contributed by atoms with Crippen LogP contribution in [0.3, 0.4) is 0 Å². The number of rotatable bonds is 5. The molecule has 1 saturated heterocycles. The van der Waals surface area contributed by atoms with Crippen LogP contribution in [0.1, 0.15) is 37.3 Å². The fourth-order valence-corrected chi connectivity index (χ4v) is 6.13. The molecule has 0 saturated carbocycles. The quantitative estimate of drug-likeness (QED) is 0.620. The fraction of sp³-hybridized carbons (Fsp3) is 0.375. The Balaban J connectivity index is 1.66. The lowest BCUT2D eigenvalue weighted by atomic mass is 10.1. The minimum absolute atomic E-state index is 0.0554. The van der Waals surface area contributed by atoms with Gasteiger partial charge in [0.1, 0.15) is 6.54 Å². The summed E-state index contributed by atoms with van der Waals surface area (Å²) in [4.78, 5) is 29.3. The van der Waals surface area contributed by atoms with Gasteiger partial charge in [-0.1, -0.05) is 24.6 Å². The van der Waals surface area contributed by atoms with Gasteiger partial charge in [0, 0.05) is 29.9 Å². The first-order chi connectivity index (χ1) is 15.7. The third-order valence-corrected chi connectivity index (χ3v) is 8.24. The highest BCUT2D eigenvalue weighted by atomic mass is 32.2. The van der Waals surface area contributed by atoms with Crippen LogP contribution in [-0.2, 0) is 21.4 Å². The first-order valence-electron chi connectivity index (χ1n) is 11.1. The van der Waals surface area contributed by atoms with Crippen molar-refractivity contribution in [3.05, 3.63) is 64.2 Å². The molecular weight excluding hydrogens is 440 g/mol.